The minimum atomic E-state index is -0.279. The van der Waals surface area contributed by atoms with E-state index in [0.717, 1.165) is 0 Å². The summed E-state index contributed by atoms with van der Waals surface area (Å²) in [5.41, 5.74) is 9.98. The van der Waals surface area contributed by atoms with Gasteiger partial charge in [0, 0.05) is 0 Å². The highest BCUT2D eigenvalue weighted by Crippen LogP contribution is 1.97. The summed E-state index contributed by atoms with van der Waals surface area (Å²) in [7, 11) is 0. The van der Waals surface area contributed by atoms with E-state index in [1.165, 1.54) is 0 Å². The highest BCUT2D eigenvalue weighted by atomic mass is 16.4. The summed E-state index contributed by atoms with van der Waals surface area (Å²) < 4.78 is 4.55. The van der Waals surface area contributed by atoms with Gasteiger partial charge in [-0.1, -0.05) is 5.10 Å². The third-order valence-corrected chi connectivity index (χ3v) is 0.671. The first-order valence-electron chi connectivity index (χ1n) is 2.13. The van der Waals surface area contributed by atoms with E-state index in [0.29, 0.717) is 0 Å². The quantitative estimate of drug-likeness (QED) is 0.328. The molecular formula is C3H5N5O. The van der Waals surface area contributed by atoms with Crippen LogP contribution in [0.2, 0.25) is 0 Å². The normalized spacial score (nSPS) is 9.33. The lowest BCUT2D eigenvalue weighted by molar-refractivity contribution is 0.562. The van der Waals surface area contributed by atoms with Crippen molar-refractivity contribution < 1.29 is 4.42 Å². The molecule has 6 nitrogen and oxygen atoms in total. The second-order valence-corrected chi connectivity index (χ2v) is 1.36. The van der Waals surface area contributed by atoms with Crippen LogP contribution in [0.15, 0.2) is 4.42 Å². The minimum absolute atomic E-state index is 0.0486. The number of rotatable bonds is 1. The number of anilines is 1. The van der Waals surface area contributed by atoms with Crippen LogP contribution < -0.4 is 11.5 Å². The number of aromatic nitrogens is 2. The maximum absolute atomic E-state index is 6.77. The van der Waals surface area contributed by atoms with Gasteiger partial charge in [0.1, 0.15) is 0 Å². The zero-order valence-electron chi connectivity index (χ0n) is 4.46. The molecule has 6 heteroatoms. The van der Waals surface area contributed by atoms with Gasteiger partial charge in [0.05, 0.1) is 0 Å². The van der Waals surface area contributed by atoms with Gasteiger partial charge in [-0.05, 0) is 0 Å². The van der Waals surface area contributed by atoms with Crippen molar-refractivity contribution in [1.82, 2.24) is 10.2 Å². The fourth-order valence-electron chi connectivity index (χ4n) is 0.343. The Balaban J connectivity index is 2.98. The van der Waals surface area contributed by atoms with Crippen molar-refractivity contribution in [2.75, 3.05) is 5.73 Å². The SMILES string of the molecule is N=C(N)c1nnc(N)o1. The van der Waals surface area contributed by atoms with Gasteiger partial charge in [-0.2, -0.15) is 0 Å². The third-order valence-electron chi connectivity index (χ3n) is 0.671. The Kier molecular flexibility index (Phi) is 1.07. The van der Waals surface area contributed by atoms with Crippen LogP contribution in [0.4, 0.5) is 6.01 Å². The lowest BCUT2D eigenvalue weighted by Crippen LogP contribution is -2.11. The van der Waals surface area contributed by atoms with Crippen molar-refractivity contribution in [3.63, 3.8) is 0 Å². The molecule has 0 aliphatic carbocycles. The van der Waals surface area contributed by atoms with Crippen molar-refractivity contribution in [3.8, 4) is 0 Å². The highest BCUT2D eigenvalue weighted by Gasteiger charge is 2.03. The van der Waals surface area contributed by atoms with Gasteiger partial charge in [-0.25, -0.2) is 0 Å². The average Bonchev–Trinajstić information content (AvgIpc) is 2.14. The Morgan fingerprint density at radius 3 is 2.44 bits per heavy atom. The Bertz CT molecular complexity index is 228. The van der Waals surface area contributed by atoms with Crippen LogP contribution in [-0.4, -0.2) is 16.0 Å². The largest absolute Gasteiger partial charge is 0.400 e. The van der Waals surface area contributed by atoms with Gasteiger partial charge in [0.15, 0.2) is 5.84 Å². The van der Waals surface area contributed by atoms with Crippen molar-refractivity contribution >= 4 is 11.9 Å². The maximum Gasteiger partial charge on any atom is 0.313 e. The van der Waals surface area contributed by atoms with Crippen molar-refractivity contribution in [2.45, 2.75) is 0 Å². The molecule has 0 atom stereocenters. The van der Waals surface area contributed by atoms with Crippen LogP contribution in [-0.2, 0) is 0 Å². The predicted octanol–water partition coefficient (Wildman–Crippen LogP) is -1.06. The zero-order valence-corrected chi connectivity index (χ0v) is 4.46. The highest BCUT2D eigenvalue weighted by molar-refractivity contribution is 5.90. The molecule has 0 unspecified atom stereocenters. The van der Waals surface area contributed by atoms with E-state index in [9.17, 15) is 0 Å². The number of nitrogen functional groups attached to an aromatic ring is 2. The van der Waals surface area contributed by atoms with E-state index in [4.69, 9.17) is 16.9 Å². The molecule has 1 aromatic heterocycles. The number of hydrogen-bond acceptors (Lipinski definition) is 5. The molecule has 0 aliphatic rings. The van der Waals surface area contributed by atoms with Crippen LogP contribution in [0.1, 0.15) is 5.89 Å². The van der Waals surface area contributed by atoms with E-state index in [1.807, 2.05) is 0 Å². The van der Waals surface area contributed by atoms with Gasteiger partial charge in [-0.3, -0.25) is 5.41 Å². The average molecular weight is 127 g/mol. The summed E-state index contributed by atoms with van der Waals surface area (Å²) in [5.74, 6) is -0.327. The minimum Gasteiger partial charge on any atom is -0.400 e. The van der Waals surface area contributed by atoms with E-state index in [1.54, 1.807) is 0 Å². The Labute approximate surface area is 50.4 Å². The fraction of sp³-hybridized carbons (Fsp3) is 0. The molecule has 48 valence electrons. The van der Waals surface area contributed by atoms with Crippen molar-refractivity contribution in [3.05, 3.63) is 5.89 Å². The smallest absolute Gasteiger partial charge is 0.313 e. The number of nitrogens with one attached hydrogen (secondary N) is 1. The predicted molar refractivity (Wildman–Crippen MR) is 29.7 cm³/mol. The van der Waals surface area contributed by atoms with Crippen molar-refractivity contribution in [2.24, 2.45) is 5.73 Å². The molecule has 0 saturated carbocycles. The third kappa shape index (κ3) is 0.958. The molecule has 5 N–H and O–H groups in total. The van der Waals surface area contributed by atoms with Gasteiger partial charge < -0.3 is 15.9 Å². The Morgan fingerprint density at radius 2 is 2.22 bits per heavy atom. The number of nitrogens with two attached hydrogens (primary N) is 2. The summed E-state index contributed by atoms with van der Waals surface area (Å²) in [6.07, 6.45) is 0. The Morgan fingerprint density at radius 1 is 1.56 bits per heavy atom. The van der Waals surface area contributed by atoms with Gasteiger partial charge in [0.25, 0.3) is 5.89 Å². The van der Waals surface area contributed by atoms with E-state index in [2.05, 4.69) is 14.6 Å². The molecule has 0 saturated heterocycles. The molecule has 0 bridgehead atoms. The first-order chi connectivity index (χ1) is 4.20. The fourth-order valence-corrected chi connectivity index (χ4v) is 0.343. The van der Waals surface area contributed by atoms with Gasteiger partial charge in [-0.15, -0.1) is 5.10 Å². The maximum atomic E-state index is 6.77. The summed E-state index contributed by atoms with van der Waals surface area (Å²) >= 11 is 0. The van der Waals surface area contributed by atoms with E-state index >= 15 is 0 Å². The van der Waals surface area contributed by atoms with E-state index < -0.39 is 0 Å². The standard InChI is InChI=1S/C3H5N5O/c4-1(5)2-7-8-3(6)9-2/h(H3,4,5)(H2,6,8). The van der Waals surface area contributed by atoms with Crippen molar-refractivity contribution in [1.29, 1.82) is 5.41 Å². The zero-order chi connectivity index (χ0) is 6.85. The molecule has 9 heavy (non-hydrogen) atoms. The number of nitrogens with zero attached hydrogens (tertiary/aromatic N) is 2. The molecule has 1 rings (SSSR count). The molecule has 0 aromatic carbocycles. The lowest BCUT2D eigenvalue weighted by Gasteiger charge is -1.82. The van der Waals surface area contributed by atoms with Gasteiger partial charge in [0.2, 0.25) is 0 Å². The van der Waals surface area contributed by atoms with Crippen LogP contribution in [0.5, 0.6) is 0 Å². The summed E-state index contributed by atoms with van der Waals surface area (Å²) in [4.78, 5) is 0. The second kappa shape index (κ2) is 1.73. The summed E-state index contributed by atoms with van der Waals surface area (Å²) in [5, 5.41) is 13.4. The van der Waals surface area contributed by atoms with Crippen LogP contribution >= 0.6 is 0 Å². The second-order valence-electron chi connectivity index (χ2n) is 1.36. The molecule has 0 amide bonds. The summed E-state index contributed by atoms with van der Waals surface area (Å²) in [6.45, 7) is 0. The number of hydrogen-bond donors (Lipinski definition) is 3. The van der Waals surface area contributed by atoms with Crippen LogP contribution in [0.25, 0.3) is 0 Å². The monoisotopic (exact) mass is 127 g/mol. The lowest BCUT2D eigenvalue weighted by atomic mass is 10.6. The first kappa shape index (κ1) is 5.54. The molecule has 0 spiro atoms. The topological polar surface area (TPSA) is 115 Å². The molecule has 1 heterocycles. The molecule has 0 fully saturated rings. The molecule has 0 aliphatic heterocycles. The molecule has 1 aromatic rings. The van der Waals surface area contributed by atoms with E-state index in [-0.39, 0.29) is 17.7 Å². The molecular weight excluding hydrogens is 122 g/mol. The van der Waals surface area contributed by atoms with Crippen LogP contribution in [0, 0.1) is 5.41 Å². The van der Waals surface area contributed by atoms with Gasteiger partial charge >= 0.3 is 6.01 Å². The van der Waals surface area contributed by atoms with Crippen LogP contribution in [0.3, 0.4) is 0 Å². The first-order valence-corrected chi connectivity index (χ1v) is 2.13. The summed E-state index contributed by atoms with van der Waals surface area (Å²) in [6, 6.07) is -0.0831. The number of amidine groups is 1. The Hall–Kier alpha value is -1.59. The molecule has 0 radical (unpaired) electrons.